The molecule has 1 aliphatic heterocycles. The fourth-order valence-corrected chi connectivity index (χ4v) is 8.80. The maximum atomic E-state index is 12.7. The number of nitrogens with two attached hydrogens (primary N) is 1. The number of aromatic nitrogens is 4. The van der Waals surface area contributed by atoms with E-state index < -0.39 is 84.6 Å². The summed E-state index contributed by atoms with van der Waals surface area (Å²) in [5.74, 6) is -1.17. The van der Waals surface area contributed by atoms with E-state index in [1.807, 2.05) is 6.08 Å². The van der Waals surface area contributed by atoms with Crippen molar-refractivity contribution in [3.63, 3.8) is 0 Å². The zero-order valence-corrected chi connectivity index (χ0v) is 38.0. The molecule has 0 spiro atoms. The van der Waals surface area contributed by atoms with E-state index in [2.05, 4.69) is 65.6 Å². The van der Waals surface area contributed by atoms with Crippen LogP contribution in [0.15, 0.2) is 61.3 Å². The molecule has 2 aromatic heterocycles. The van der Waals surface area contributed by atoms with Crippen LogP contribution in [0, 0.1) is 5.41 Å². The lowest BCUT2D eigenvalue weighted by Gasteiger charge is -2.30. The van der Waals surface area contributed by atoms with Gasteiger partial charge >= 0.3 is 23.5 Å². The molecule has 3 heterocycles. The number of rotatable bonds is 27. The normalized spacial score (nSPS) is 21.1. The zero-order chi connectivity index (χ0) is 46.8. The summed E-state index contributed by atoms with van der Waals surface area (Å²) in [5.41, 5.74) is 4.26. The number of amides is 2. The molecule has 1 saturated heterocycles. The van der Waals surface area contributed by atoms with Gasteiger partial charge < -0.3 is 50.9 Å². The Morgan fingerprint density at radius 1 is 0.984 bits per heavy atom. The van der Waals surface area contributed by atoms with Gasteiger partial charge in [-0.25, -0.2) is 28.6 Å². The molecule has 1 fully saturated rings. The van der Waals surface area contributed by atoms with Gasteiger partial charge in [0.1, 0.15) is 36.3 Å². The third kappa shape index (κ3) is 18.9. The number of nitrogens with zero attached hydrogens (tertiary/aromatic N) is 4. The van der Waals surface area contributed by atoms with Crippen molar-refractivity contribution in [1.82, 2.24) is 30.2 Å². The second-order valence-electron chi connectivity index (χ2n) is 14.2. The number of carbonyl (C=O) groups excluding carboxylic acids is 3. The standard InChI is InChI=1S/C35H54N7O17P3S/c1-4-5-6-7-8-9-10-11-12-13-14-15-26(44)63-19-18-37-25(43)16-17-38-33(47)30(46)35(2,3)21-56-62(53,54)59-61(51,52)55-20-24-29(58-60(48,49)50)28(45)34(57-24)42-23-41-27-31(36)39-22-40-32(27)42/h5-6,8-9,12-15,22-24,28-30,34,45-46H,4,7,10-11,16-21H2,1-3H3,(H,37,43)(H,38,47)(H,51,52)(H,53,54)(H2,36,39,40)(H2,48,49,50)/b6-5-,9-8-,13-12+,15-14+/t24-,28-,29-,30+,34-/m1/s1. The molecule has 0 aliphatic carbocycles. The number of fused-ring (bicyclic) bond motifs is 1. The predicted octanol–water partition coefficient (Wildman–Crippen LogP) is 2.47. The fraction of sp³-hybridized carbons (Fsp3) is 0.543. The van der Waals surface area contributed by atoms with Crippen molar-refractivity contribution in [3.8, 4) is 0 Å². The monoisotopic (exact) mass is 969 g/mol. The van der Waals surface area contributed by atoms with Crippen LogP contribution >= 0.6 is 35.2 Å². The molecule has 7 atom stereocenters. The van der Waals surface area contributed by atoms with Gasteiger partial charge in [0.25, 0.3) is 0 Å². The quantitative estimate of drug-likeness (QED) is 0.0204. The first-order valence-electron chi connectivity index (χ1n) is 19.2. The minimum absolute atomic E-state index is 0.0288. The lowest BCUT2D eigenvalue weighted by Crippen LogP contribution is -2.46. The molecule has 2 aromatic rings. The summed E-state index contributed by atoms with van der Waals surface area (Å²) in [6, 6.07) is 0. The smallest absolute Gasteiger partial charge is 0.386 e. The molecular weight excluding hydrogens is 915 g/mol. The van der Waals surface area contributed by atoms with Crippen LogP contribution in [0.5, 0.6) is 0 Å². The molecule has 2 unspecified atom stereocenters. The first-order chi connectivity index (χ1) is 29.6. The van der Waals surface area contributed by atoms with E-state index in [0.29, 0.717) is 5.75 Å². The summed E-state index contributed by atoms with van der Waals surface area (Å²) in [5, 5.41) is 26.3. The van der Waals surface area contributed by atoms with Crippen LogP contribution < -0.4 is 16.4 Å². The maximum absolute atomic E-state index is 12.7. The van der Waals surface area contributed by atoms with Crippen LogP contribution in [-0.2, 0) is 50.7 Å². The molecule has 0 bridgehead atoms. The van der Waals surface area contributed by atoms with Crippen molar-refractivity contribution in [1.29, 1.82) is 0 Å². The molecule has 0 aromatic carbocycles. The third-order valence-electron chi connectivity index (χ3n) is 8.57. The van der Waals surface area contributed by atoms with E-state index >= 15 is 0 Å². The van der Waals surface area contributed by atoms with E-state index in [4.69, 9.17) is 19.5 Å². The number of imidazole rings is 1. The van der Waals surface area contributed by atoms with Gasteiger partial charge in [0, 0.05) is 30.7 Å². The number of hydrogen-bond donors (Lipinski definition) is 9. The SMILES string of the molecule is CC/C=C\C/C=C\CC/C=C/C=C/C(=O)SCCNC(=O)CCNC(=O)[C@H](O)C(C)(C)COP(=O)(O)OP(=O)(O)OC[C@H]1O[C@@H](n2cnc3c(N)ncnc32)[C@H](O)[C@@H]1OP(=O)(O)O. The van der Waals surface area contributed by atoms with Crippen LogP contribution in [0.3, 0.4) is 0 Å². The van der Waals surface area contributed by atoms with Crippen molar-refractivity contribution in [2.24, 2.45) is 5.41 Å². The molecule has 28 heteroatoms. The maximum Gasteiger partial charge on any atom is 0.481 e. The van der Waals surface area contributed by atoms with Gasteiger partial charge in [-0.05, 0) is 31.8 Å². The lowest BCUT2D eigenvalue weighted by atomic mass is 9.87. The summed E-state index contributed by atoms with van der Waals surface area (Å²) in [6.45, 7) is 2.53. The highest BCUT2D eigenvalue weighted by Gasteiger charge is 2.50. The summed E-state index contributed by atoms with van der Waals surface area (Å²) < 4.78 is 62.3. The third-order valence-corrected chi connectivity index (χ3v) is 12.5. The number of aliphatic hydroxyl groups excluding tert-OH is 2. The molecule has 63 heavy (non-hydrogen) atoms. The van der Waals surface area contributed by atoms with Crippen LogP contribution in [0.25, 0.3) is 11.2 Å². The van der Waals surface area contributed by atoms with Crippen LogP contribution in [-0.4, -0.2) is 123 Å². The Morgan fingerprint density at radius 3 is 2.40 bits per heavy atom. The molecule has 24 nitrogen and oxygen atoms in total. The number of phosphoric ester groups is 3. The number of ether oxygens (including phenoxy) is 1. The fourth-order valence-electron chi connectivity index (χ4n) is 5.39. The molecule has 10 N–H and O–H groups in total. The minimum atomic E-state index is -5.58. The number of unbranched alkanes of at least 4 members (excludes halogenated alkanes) is 1. The van der Waals surface area contributed by atoms with Crippen LogP contribution in [0.1, 0.15) is 59.1 Å². The second-order valence-corrected chi connectivity index (χ2v) is 19.5. The Kier molecular flexibility index (Phi) is 21.6. The van der Waals surface area contributed by atoms with E-state index in [1.54, 1.807) is 12.2 Å². The van der Waals surface area contributed by atoms with Gasteiger partial charge in [0.2, 0.25) is 16.9 Å². The highest BCUT2D eigenvalue weighted by molar-refractivity contribution is 8.14. The second kappa shape index (κ2) is 25.3. The predicted molar refractivity (Wildman–Crippen MR) is 228 cm³/mol. The highest BCUT2D eigenvalue weighted by Crippen LogP contribution is 2.61. The number of aliphatic hydroxyl groups is 2. The molecule has 3 rings (SSSR count). The molecule has 2 amide bonds. The zero-order valence-electron chi connectivity index (χ0n) is 34.5. The van der Waals surface area contributed by atoms with Crippen molar-refractivity contribution in [3.05, 3.63) is 61.3 Å². The number of anilines is 1. The molecule has 1 aliphatic rings. The number of nitrogen functional groups attached to an aromatic ring is 1. The summed E-state index contributed by atoms with van der Waals surface area (Å²) >= 11 is 1.01. The first-order valence-corrected chi connectivity index (χ1v) is 24.8. The Hall–Kier alpha value is -3.48. The number of thioether (sulfide) groups is 1. The minimum Gasteiger partial charge on any atom is -0.386 e. The lowest BCUT2D eigenvalue weighted by molar-refractivity contribution is -0.137. The molecule has 0 radical (unpaired) electrons. The topological polar surface area (TPSA) is 364 Å². The van der Waals surface area contributed by atoms with Crippen LogP contribution in [0.2, 0.25) is 0 Å². The Bertz CT molecular complexity index is 2110. The van der Waals surface area contributed by atoms with E-state index in [1.165, 1.54) is 19.9 Å². The largest absolute Gasteiger partial charge is 0.481 e. The van der Waals surface area contributed by atoms with E-state index in [9.17, 15) is 57.9 Å². The van der Waals surface area contributed by atoms with Gasteiger partial charge in [-0.3, -0.25) is 32.5 Å². The number of allylic oxidation sites excluding steroid dienone is 7. The summed E-state index contributed by atoms with van der Waals surface area (Å²) in [4.78, 5) is 87.9. The van der Waals surface area contributed by atoms with Crippen LogP contribution in [0.4, 0.5) is 5.82 Å². The van der Waals surface area contributed by atoms with Gasteiger partial charge in [0.05, 0.1) is 19.5 Å². The summed E-state index contributed by atoms with van der Waals surface area (Å²) in [6.07, 6.45) is 12.0. The number of hydrogen-bond acceptors (Lipinski definition) is 18. The van der Waals surface area contributed by atoms with Gasteiger partial charge in [-0.15, -0.1) is 0 Å². The van der Waals surface area contributed by atoms with Gasteiger partial charge in [-0.2, -0.15) is 4.31 Å². The average molecular weight is 970 g/mol. The summed E-state index contributed by atoms with van der Waals surface area (Å²) in [7, 11) is -16.4. The average Bonchev–Trinajstić information content (AvgIpc) is 3.76. The van der Waals surface area contributed by atoms with Crippen molar-refractivity contribution in [2.45, 2.75) is 83.5 Å². The van der Waals surface area contributed by atoms with Crippen molar-refractivity contribution >= 4 is 69.1 Å². The molecule has 0 saturated carbocycles. The Labute approximate surface area is 366 Å². The molecular formula is C35H54N7O17P3S. The van der Waals surface area contributed by atoms with Crippen molar-refractivity contribution in [2.75, 3.05) is 37.8 Å². The highest BCUT2D eigenvalue weighted by atomic mass is 32.2. The Morgan fingerprint density at radius 2 is 1.68 bits per heavy atom. The van der Waals surface area contributed by atoms with Crippen molar-refractivity contribution < 1.29 is 80.5 Å². The van der Waals surface area contributed by atoms with E-state index in [0.717, 1.165) is 54.7 Å². The Balaban J connectivity index is 1.39. The number of nitrogens with one attached hydrogen (secondary N) is 2. The van der Waals surface area contributed by atoms with E-state index in [-0.39, 0.29) is 41.6 Å². The first kappa shape index (κ1) is 53.9. The number of phosphoric acid groups is 3. The van der Waals surface area contributed by atoms with Gasteiger partial charge in [0.15, 0.2) is 17.7 Å². The number of carbonyl (C=O) groups is 3. The van der Waals surface area contributed by atoms with Gasteiger partial charge in [-0.1, -0.05) is 75.1 Å². The molecule has 352 valence electrons.